The number of alkyl halides is 3. The van der Waals surface area contributed by atoms with Crippen LogP contribution in [-0.4, -0.2) is 25.4 Å². The van der Waals surface area contributed by atoms with E-state index in [4.69, 9.17) is 11.6 Å². The number of nitrogens with one attached hydrogen (secondary N) is 1. The van der Waals surface area contributed by atoms with Gasteiger partial charge in [0.15, 0.2) is 17.0 Å². The molecule has 0 atom stereocenters. The minimum Gasteiger partial charge on any atom is -0.347 e. The molecule has 1 N–H and O–H groups in total. The quantitative estimate of drug-likeness (QED) is 0.326. The molecule has 0 aliphatic rings. The Bertz CT molecular complexity index is 1350. The highest BCUT2D eigenvalue weighted by molar-refractivity contribution is 6.30. The summed E-state index contributed by atoms with van der Waals surface area (Å²) in [5.41, 5.74) is -0.887. The molecule has 0 unspecified atom stereocenters. The first-order valence-corrected chi connectivity index (χ1v) is 9.75. The van der Waals surface area contributed by atoms with E-state index in [0.29, 0.717) is 9.54 Å². The van der Waals surface area contributed by atoms with E-state index in [1.807, 2.05) is 0 Å². The fraction of sp³-hybridized carbons (Fsp3) is 0.0952. The van der Waals surface area contributed by atoms with Crippen molar-refractivity contribution in [1.82, 2.24) is 19.9 Å². The molecule has 0 saturated carbocycles. The molecule has 2 aromatic carbocycles. The van der Waals surface area contributed by atoms with Gasteiger partial charge in [-0.1, -0.05) is 23.7 Å². The third-order valence-corrected chi connectivity index (χ3v) is 4.94. The molecule has 0 fully saturated rings. The molecule has 4 aromatic rings. The smallest absolute Gasteiger partial charge is 0.347 e. The van der Waals surface area contributed by atoms with E-state index in [0.717, 1.165) is 17.7 Å². The van der Waals surface area contributed by atoms with Crippen molar-refractivity contribution in [2.75, 3.05) is 0 Å². The number of hydrogen-bond acceptors (Lipinski definition) is 5. The molecular formula is C21H13ClF3N5O3. The molecule has 2 aromatic heterocycles. The number of hydrogen-bond donors (Lipinski definition) is 1. The van der Waals surface area contributed by atoms with Crippen LogP contribution in [-0.2, 0) is 12.7 Å². The van der Waals surface area contributed by atoms with Crippen molar-refractivity contribution in [3.05, 3.63) is 92.8 Å². The van der Waals surface area contributed by atoms with Crippen LogP contribution in [0.5, 0.6) is 0 Å². The van der Waals surface area contributed by atoms with Gasteiger partial charge in [-0.3, -0.25) is 14.9 Å². The van der Waals surface area contributed by atoms with Gasteiger partial charge in [-0.25, -0.2) is 9.50 Å². The van der Waals surface area contributed by atoms with Crippen LogP contribution < -0.4 is 5.32 Å². The SMILES string of the molecule is O=C(NCc1ccc(Cl)cc1)c1cc2nc(-c3ccc([N+](=O)[O-])cc3)cc(C(F)(F)F)n2n1. The van der Waals surface area contributed by atoms with Gasteiger partial charge in [0.05, 0.1) is 10.6 Å². The maximum absolute atomic E-state index is 13.7. The number of non-ortho nitro benzene ring substituents is 1. The molecule has 0 radical (unpaired) electrons. The molecule has 2 heterocycles. The minimum absolute atomic E-state index is 0.0715. The van der Waals surface area contributed by atoms with Crippen LogP contribution in [0.25, 0.3) is 16.9 Å². The van der Waals surface area contributed by atoms with E-state index in [9.17, 15) is 28.1 Å². The molecule has 33 heavy (non-hydrogen) atoms. The number of carbonyl (C=O) groups excluding carboxylic acids is 1. The van der Waals surface area contributed by atoms with Crippen LogP contribution in [0.1, 0.15) is 21.7 Å². The number of halogens is 4. The zero-order chi connectivity index (χ0) is 23.8. The van der Waals surface area contributed by atoms with E-state index < -0.39 is 22.7 Å². The Kier molecular flexibility index (Phi) is 5.73. The predicted octanol–water partition coefficient (Wildman–Crippen LogP) is 4.91. The van der Waals surface area contributed by atoms with Gasteiger partial charge in [-0.05, 0) is 35.9 Å². The van der Waals surface area contributed by atoms with Gasteiger partial charge in [-0.2, -0.15) is 18.3 Å². The van der Waals surface area contributed by atoms with Crippen LogP contribution in [0.2, 0.25) is 5.02 Å². The normalized spacial score (nSPS) is 11.5. The van der Waals surface area contributed by atoms with Gasteiger partial charge < -0.3 is 5.32 Å². The van der Waals surface area contributed by atoms with Crippen LogP contribution >= 0.6 is 11.6 Å². The second-order valence-corrected chi connectivity index (χ2v) is 7.37. The van der Waals surface area contributed by atoms with Crippen LogP contribution in [0.4, 0.5) is 18.9 Å². The number of nitro groups is 1. The second-order valence-electron chi connectivity index (χ2n) is 6.94. The van der Waals surface area contributed by atoms with E-state index in [-0.39, 0.29) is 34.8 Å². The average Bonchev–Trinajstić information content (AvgIpc) is 3.21. The Balaban J connectivity index is 1.68. The molecule has 12 heteroatoms. The Morgan fingerprint density at radius 3 is 2.36 bits per heavy atom. The van der Waals surface area contributed by atoms with E-state index in [1.54, 1.807) is 24.3 Å². The maximum Gasteiger partial charge on any atom is 0.433 e. The van der Waals surface area contributed by atoms with Crippen LogP contribution in [0, 0.1) is 10.1 Å². The maximum atomic E-state index is 13.7. The number of aromatic nitrogens is 3. The summed E-state index contributed by atoms with van der Waals surface area (Å²) >= 11 is 5.82. The number of fused-ring (bicyclic) bond motifs is 1. The highest BCUT2D eigenvalue weighted by Gasteiger charge is 2.35. The zero-order valence-electron chi connectivity index (χ0n) is 16.5. The van der Waals surface area contributed by atoms with E-state index >= 15 is 0 Å². The Labute approximate surface area is 188 Å². The summed E-state index contributed by atoms with van der Waals surface area (Å²) in [6.45, 7) is 0.122. The highest BCUT2D eigenvalue weighted by Crippen LogP contribution is 2.32. The third-order valence-electron chi connectivity index (χ3n) is 4.69. The molecule has 8 nitrogen and oxygen atoms in total. The van der Waals surface area contributed by atoms with Crippen molar-refractivity contribution in [3.63, 3.8) is 0 Å². The summed E-state index contributed by atoms with van der Waals surface area (Å²) in [6.07, 6.45) is -4.79. The van der Waals surface area contributed by atoms with E-state index in [1.165, 1.54) is 24.3 Å². The van der Waals surface area contributed by atoms with Crippen molar-refractivity contribution in [3.8, 4) is 11.3 Å². The minimum atomic E-state index is -4.79. The van der Waals surface area contributed by atoms with Gasteiger partial charge in [0, 0.05) is 35.3 Å². The first-order valence-electron chi connectivity index (χ1n) is 9.37. The standard InChI is InChI=1S/C21H13ClF3N5O3/c22-14-5-1-12(2-6-14)11-26-20(31)17-10-19-27-16(9-18(21(23,24)25)29(19)28-17)13-3-7-15(8-4-13)30(32)33/h1-10H,11H2,(H,26,31). The van der Waals surface area contributed by atoms with E-state index in [2.05, 4.69) is 15.4 Å². The largest absolute Gasteiger partial charge is 0.433 e. The number of amides is 1. The fourth-order valence-corrected chi connectivity index (χ4v) is 3.19. The third kappa shape index (κ3) is 4.77. The number of rotatable bonds is 5. The summed E-state index contributed by atoms with van der Waals surface area (Å²) in [5.74, 6) is -0.680. The van der Waals surface area contributed by atoms with Gasteiger partial charge in [-0.15, -0.1) is 0 Å². The molecule has 168 valence electrons. The molecular weight excluding hydrogens is 463 g/mol. The van der Waals surface area contributed by atoms with Crippen molar-refractivity contribution in [1.29, 1.82) is 0 Å². The molecule has 0 aliphatic carbocycles. The van der Waals surface area contributed by atoms with Crippen molar-refractivity contribution in [2.24, 2.45) is 0 Å². The van der Waals surface area contributed by atoms with Crippen molar-refractivity contribution in [2.45, 2.75) is 12.7 Å². The monoisotopic (exact) mass is 475 g/mol. The van der Waals surface area contributed by atoms with Crippen molar-refractivity contribution < 1.29 is 22.9 Å². The zero-order valence-corrected chi connectivity index (χ0v) is 17.3. The lowest BCUT2D eigenvalue weighted by Gasteiger charge is -2.11. The summed E-state index contributed by atoms with van der Waals surface area (Å²) in [4.78, 5) is 26.8. The van der Waals surface area contributed by atoms with Crippen LogP contribution in [0.15, 0.2) is 60.7 Å². The Hall–Kier alpha value is -3.99. The highest BCUT2D eigenvalue weighted by atomic mass is 35.5. The number of carbonyl (C=O) groups is 1. The first kappa shape index (κ1) is 22.2. The lowest BCUT2D eigenvalue weighted by Crippen LogP contribution is -2.23. The number of nitrogens with zero attached hydrogens (tertiary/aromatic N) is 4. The molecule has 0 bridgehead atoms. The number of nitro benzene ring substituents is 1. The van der Waals surface area contributed by atoms with Crippen molar-refractivity contribution >= 4 is 28.8 Å². The fourth-order valence-electron chi connectivity index (χ4n) is 3.06. The first-order chi connectivity index (χ1) is 15.6. The molecule has 0 saturated heterocycles. The second kappa shape index (κ2) is 8.51. The summed E-state index contributed by atoms with van der Waals surface area (Å²) in [7, 11) is 0. The summed E-state index contributed by atoms with van der Waals surface area (Å²) in [6, 6.07) is 13.5. The van der Waals surface area contributed by atoms with Gasteiger partial charge >= 0.3 is 6.18 Å². The van der Waals surface area contributed by atoms with Gasteiger partial charge in [0.25, 0.3) is 11.6 Å². The lowest BCUT2D eigenvalue weighted by atomic mass is 10.1. The summed E-state index contributed by atoms with van der Waals surface area (Å²) in [5, 5.41) is 17.7. The average molecular weight is 476 g/mol. The Morgan fingerprint density at radius 1 is 1.09 bits per heavy atom. The molecule has 0 aliphatic heterocycles. The van der Waals surface area contributed by atoms with Gasteiger partial charge in [0.2, 0.25) is 0 Å². The molecule has 0 spiro atoms. The number of benzene rings is 2. The lowest BCUT2D eigenvalue weighted by molar-refractivity contribution is -0.384. The summed E-state index contributed by atoms with van der Waals surface area (Å²) < 4.78 is 41.7. The topological polar surface area (TPSA) is 102 Å². The predicted molar refractivity (Wildman–Crippen MR) is 113 cm³/mol. The van der Waals surface area contributed by atoms with Gasteiger partial charge in [0.1, 0.15) is 0 Å². The van der Waals surface area contributed by atoms with Crippen LogP contribution in [0.3, 0.4) is 0 Å². The Morgan fingerprint density at radius 2 is 1.76 bits per heavy atom. The molecule has 1 amide bonds. The molecule has 4 rings (SSSR count).